The van der Waals surface area contributed by atoms with Crippen LogP contribution in [0.2, 0.25) is 0 Å². The second-order valence-corrected chi connectivity index (χ2v) is 5.51. The van der Waals surface area contributed by atoms with Crippen LogP contribution in [0.25, 0.3) is 0 Å². The lowest BCUT2D eigenvalue weighted by Crippen LogP contribution is -2.52. The van der Waals surface area contributed by atoms with E-state index in [0.717, 1.165) is 5.56 Å². The standard InChI is InChI=1S/C17H25N3O4/c1-3-14(19-16(23)13(18)10-15(21)22)17(24)20(4-2)11-12-8-6-5-7-9-12/h5-9,13-14H,3-4,10-11,18H2,1-2H3,(H,19,23)(H,21,22)/t13-,14-/m0/s1. The minimum Gasteiger partial charge on any atom is -0.481 e. The number of hydrogen-bond acceptors (Lipinski definition) is 4. The van der Waals surface area contributed by atoms with Crippen molar-refractivity contribution >= 4 is 17.8 Å². The number of carbonyl (C=O) groups excluding carboxylic acids is 2. The minimum absolute atomic E-state index is 0.209. The molecule has 0 fully saturated rings. The van der Waals surface area contributed by atoms with Crippen molar-refractivity contribution in [1.29, 1.82) is 0 Å². The average Bonchev–Trinajstić information content (AvgIpc) is 2.57. The molecule has 0 saturated heterocycles. The molecule has 0 aliphatic heterocycles. The van der Waals surface area contributed by atoms with E-state index >= 15 is 0 Å². The first-order valence-electron chi connectivity index (χ1n) is 7.99. The molecule has 1 aromatic carbocycles. The fourth-order valence-electron chi connectivity index (χ4n) is 2.27. The monoisotopic (exact) mass is 335 g/mol. The minimum atomic E-state index is -1.17. The van der Waals surface area contributed by atoms with E-state index in [2.05, 4.69) is 5.32 Å². The number of carbonyl (C=O) groups is 3. The Morgan fingerprint density at radius 2 is 1.83 bits per heavy atom. The zero-order valence-corrected chi connectivity index (χ0v) is 14.1. The summed E-state index contributed by atoms with van der Waals surface area (Å²) in [6, 6.07) is 7.67. The fourth-order valence-corrected chi connectivity index (χ4v) is 2.27. The van der Waals surface area contributed by atoms with Crippen molar-refractivity contribution in [2.45, 2.75) is 45.3 Å². The number of nitrogens with one attached hydrogen (secondary N) is 1. The van der Waals surface area contributed by atoms with Crippen molar-refractivity contribution in [3.63, 3.8) is 0 Å². The van der Waals surface area contributed by atoms with Crippen LogP contribution in [0.3, 0.4) is 0 Å². The van der Waals surface area contributed by atoms with Gasteiger partial charge in [0.2, 0.25) is 11.8 Å². The van der Waals surface area contributed by atoms with Gasteiger partial charge < -0.3 is 21.1 Å². The Balaban J connectivity index is 2.72. The van der Waals surface area contributed by atoms with Crippen LogP contribution in [0.4, 0.5) is 0 Å². The summed E-state index contributed by atoms with van der Waals surface area (Å²) in [7, 11) is 0. The van der Waals surface area contributed by atoms with Gasteiger partial charge in [-0.25, -0.2) is 0 Å². The quantitative estimate of drug-likeness (QED) is 0.616. The van der Waals surface area contributed by atoms with Gasteiger partial charge in [-0.2, -0.15) is 0 Å². The predicted octanol–water partition coefficient (Wildman–Crippen LogP) is 0.732. The Bertz CT molecular complexity index is 562. The summed E-state index contributed by atoms with van der Waals surface area (Å²) in [6.45, 7) is 4.60. The van der Waals surface area contributed by atoms with Gasteiger partial charge in [-0.05, 0) is 18.9 Å². The highest BCUT2D eigenvalue weighted by Gasteiger charge is 2.26. The van der Waals surface area contributed by atoms with Crippen LogP contribution in [0.5, 0.6) is 0 Å². The molecule has 2 amide bonds. The van der Waals surface area contributed by atoms with Gasteiger partial charge in [0.05, 0.1) is 12.5 Å². The Kier molecular flexibility index (Phi) is 7.91. The molecule has 1 rings (SSSR count). The number of amides is 2. The van der Waals surface area contributed by atoms with Crippen molar-refractivity contribution < 1.29 is 19.5 Å². The molecule has 7 heteroatoms. The van der Waals surface area contributed by atoms with E-state index in [9.17, 15) is 14.4 Å². The molecule has 0 spiro atoms. The van der Waals surface area contributed by atoms with Crippen molar-refractivity contribution in [2.75, 3.05) is 6.54 Å². The van der Waals surface area contributed by atoms with Crippen LogP contribution in [0.1, 0.15) is 32.3 Å². The predicted molar refractivity (Wildman–Crippen MR) is 90.0 cm³/mol. The van der Waals surface area contributed by atoms with Crippen molar-refractivity contribution in [3.05, 3.63) is 35.9 Å². The third-order valence-electron chi connectivity index (χ3n) is 3.66. The van der Waals surface area contributed by atoms with Gasteiger partial charge in [0.25, 0.3) is 0 Å². The first kappa shape index (κ1) is 19.6. The highest BCUT2D eigenvalue weighted by Crippen LogP contribution is 2.08. The molecule has 0 bridgehead atoms. The molecular weight excluding hydrogens is 310 g/mol. The first-order valence-corrected chi connectivity index (χ1v) is 7.99. The molecule has 132 valence electrons. The fraction of sp³-hybridized carbons (Fsp3) is 0.471. The van der Waals surface area contributed by atoms with Crippen LogP contribution in [0, 0.1) is 0 Å². The largest absolute Gasteiger partial charge is 0.481 e. The lowest BCUT2D eigenvalue weighted by atomic mass is 10.1. The molecule has 0 aromatic heterocycles. The first-order chi connectivity index (χ1) is 11.4. The van der Waals surface area contributed by atoms with Crippen LogP contribution in [0.15, 0.2) is 30.3 Å². The van der Waals surface area contributed by atoms with Gasteiger partial charge in [-0.15, -0.1) is 0 Å². The Morgan fingerprint density at radius 3 is 2.33 bits per heavy atom. The topological polar surface area (TPSA) is 113 Å². The maximum atomic E-state index is 12.6. The summed E-state index contributed by atoms with van der Waals surface area (Å²) in [4.78, 5) is 36.9. The SMILES string of the molecule is CC[C@H](NC(=O)[C@@H](N)CC(=O)O)C(=O)N(CC)Cc1ccccc1. The highest BCUT2D eigenvalue weighted by molar-refractivity contribution is 5.91. The lowest BCUT2D eigenvalue weighted by Gasteiger charge is -2.27. The number of hydrogen-bond donors (Lipinski definition) is 3. The lowest BCUT2D eigenvalue weighted by molar-refractivity contribution is -0.140. The van der Waals surface area contributed by atoms with Crippen LogP contribution in [-0.4, -0.2) is 46.4 Å². The van der Waals surface area contributed by atoms with E-state index in [4.69, 9.17) is 10.8 Å². The van der Waals surface area contributed by atoms with Gasteiger partial charge in [0.15, 0.2) is 0 Å². The highest BCUT2D eigenvalue weighted by atomic mass is 16.4. The second-order valence-electron chi connectivity index (χ2n) is 5.51. The molecule has 7 nitrogen and oxygen atoms in total. The molecule has 1 aromatic rings. The Labute approximate surface area is 141 Å². The van der Waals surface area contributed by atoms with Gasteiger partial charge in [0.1, 0.15) is 6.04 Å². The summed E-state index contributed by atoms with van der Waals surface area (Å²) in [5.41, 5.74) is 6.53. The number of rotatable bonds is 9. The number of likely N-dealkylation sites (N-methyl/N-ethyl adjacent to an activating group) is 1. The third kappa shape index (κ3) is 6.00. The molecule has 4 N–H and O–H groups in total. The smallest absolute Gasteiger partial charge is 0.305 e. The molecule has 0 aliphatic rings. The second kappa shape index (κ2) is 9.67. The molecule has 0 unspecified atom stereocenters. The van der Waals surface area contributed by atoms with Gasteiger partial charge in [-0.1, -0.05) is 37.3 Å². The Hall–Kier alpha value is -2.41. The Morgan fingerprint density at radius 1 is 1.21 bits per heavy atom. The molecule has 0 heterocycles. The van der Waals surface area contributed by atoms with Crippen molar-refractivity contribution in [3.8, 4) is 0 Å². The van der Waals surface area contributed by atoms with Gasteiger partial charge in [-0.3, -0.25) is 14.4 Å². The molecule has 0 saturated carbocycles. The molecule has 2 atom stereocenters. The zero-order chi connectivity index (χ0) is 18.1. The molecule has 0 radical (unpaired) electrons. The van der Waals surface area contributed by atoms with Gasteiger partial charge in [0, 0.05) is 13.1 Å². The number of aliphatic carboxylic acids is 1. The third-order valence-corrected chi connectivity index (χ3v) is 3.66. The molecular formula is C17H25N3O4. The molecule has 0 aliphatic carbocycles. The number of nitrogens with two attached hydrogens (primary N) is 1. The maximum Gasteiger partial charge on any atom is 0.305 e. The van der Waals surface area contributed by atoms with Gasteiger partial charge >= 0.3 is 5.97 Å². The summed E-state index contributed by atoms with van der Waals surface area (Å²) in [6.07, 6.45) is -0.0758. The normalized spacial score (nSPS) is 13.0. The van der Waals surface area contributed by atoms with Crippen LogP contribution in [-0.2, 0) is 20.9 Å². The number of carboxylic acids is 1. The van der Waals surface area contributed by atoms with E-state index < -0.39 is 30.4 Å². The summed E-state index contributed by atoms with van der Waals surface area (Å²) < 4.78 is 0. The molecule has 24 heavy (non-hydrogen) atoms. The van der Waals surface area contributed by atoms with Crippen LogP contribution < -0.4 is 11.1 Å². The van der Waals surface area contributed by atoms with E-state index in [0.29, 0.717) is 19.5 Å². The van der Waals surface area contributed by atoms with Crippen molar-refractivity contribution in [2.24, 2.45) is 5.73 Å². The number of carboxylic acid groups (broad SMARTS) is 1. The summed E-state index contributed by atoms with van der Waals surface area (Å²) in [5.74, 6) is -2.00. The van der Waals surface area contributed by atoms with E-state index in [-0.39, 0.29) is 5.91 Å². The number of nitrogens with zero attached hydrogens (tertiary/aromatic N) is 1. The summed E-state index contributed by atoms with van der Waals surface area (Å²) >= 11 is 0. The van der Waals surface area contributed by atoms with Crippen molar-refractivity contribution in [1.82, 2.24) is 10.2 Å². The summed E-state index contributed by atoms with van der Waals surface area (Å²) in [5, 5.41) is 11.2. The van der Waals surface area contributed by atoms with E-state index in [1.807, 2.05) is 37.3 Å². The van der Waals surface area contributed by atoms with E-state index in [1.165, 1.54) is 0 Å². The van der Waals surface area contributed by atoms with Crippen LogP contribution >= 0.6 is 0 Å². The maximum absolute atomic E-state index is 12.6. The number of benzene rings is 1. The zero-order valence-electron chi connectivity index (χ0n) is 14.1. The van der Waals surface area contributed by atoms with E-state index in [1.54, 1.807) is 11.8 Å². The average molecular weight is 335 g/mol.